The summed E-state index contributed by atoms with van der Waals surface area (Å²) >= 11 is 0. The molecule has 0 unspecified atom stereocenters. The fraction of sp³-hybridized carbons (Fsp3) is 1.00. The van der Waals surface area contributed by atoms with E-state index in [1.165, 1.54) is 19.5 Å². The van der Waals surface area contributed by atoms with E-state index in [4.69, 9.17) is 0 Å². The van der Waals surface area contributed by atoms with Gasteiger partial charge in [-0.1, -0.05) is 34.6 Å². The number of nitrogens with one attached hydrogen (secondary N) is 1. The van der Waals surface area contributed by atoms with Crippen LogP contribution in [0.3, 0.4) is 0 Å². The van der Waals surface area contributed by atoms with Crippen molar-refractivity contribution in [3.63, 3.8) is 0 Å². The molecule has 10 heavy (non-hydrogen) atoms. The minimum Gasteiger partial charge on any atom is -0.317 e. The van der Waals surface area contributed by atoms with Gasteiger partial charge < -0.3 is 5.32 Å². The Morgan fingerprint density at radius 2 is 1.10 bits per heavy atom. The zero-order chi connectivity index (χ0) is 8.41. The van der Waals surface area contributed by atoms with Crippen LogP contribution in [0.25, 0.3) is 0 Å². The molecule has 0 spiro atoms. The average Bonchev–Trinajstić information content (AvgIpc) is 1.63. The highest BCUT2D eigenvalue weighted by Gasteiger charge is 1.92. The summed E-state index contributed by atoms with van der Waals surface area (Å²) in [7, 11) is 0. The van der Waals surface area contributed by atoms with Crippen molar-refractivity contribution < 1.29 is 0 Å². The molecule has 0 aromatic carbocycles. The van der Waals surface area contributed by atoms with Crippen molar-refractivity contribution in [3.05, 3.63) is 0 Å². The maximum atomic E-state index is 3.11. The van der Waals surface area contributed by atoms with Crippen molar-refractivity contribution in [3.8, 4) is 0 Å². The zero-order valence-corrected chi connectivity index (χ0v) is 8.20. The molecular weight excluding hydrogens is 122 g/mol. The van der Waals surface area contributed by atoms with Gasteiger partial charge in [0.1, 0.15) is 0 Å². The molecule has 1 saturated heterocycles. The predicted molar refractivity (Wildman–Crippen MR) is 49.3 cm³/mol. The van der Waals surface area contributed by atoms with E-state index in [0.29, 0.717) is 0 Å². The third-order valence-corrected chi connectivity index (χ3v) is 0.707. The van der Waals surface area contributed by atoms with Crippen molar-refractivity contribution in [2.45, 2.75) is 41.0 Å². The highest BCUT2D eigenvalue weighted by atomic mass is 14.9. The summed E-state index contributed by atoms with van der Waals surface area (Å²) in [4.78, 5) is 0. The molecule has 1 N–H and O–H groups in total. The van der Waals surface area contributed by atoms with Gasteiger partial charge in [0.25, 0.3) is 0 Å². The quantitative estimate of drug-likeness (QED) is 0.552. The molecule has 1 aliphatic heterocycles. The first-order valence-electron chi connectivity index (χ1n) is 4.44. The van der Waals surface area contributed by atoms with Crippen molar-refractivity contribution >= 4 is 0 Å². The lowest BCUT2D eigenvalue weighted by Gasteiger charge is -2.09. The fourth-order valence-electron chi connectivity index (χ4n) is 0.177. The van der Waals surface area contributed by atoms with Crippen LogP contribution in [0, 0.1) is 5.92 Å². The maximum absolute atomic E-state index is 3.11. The number of hydrogen-bond acceptors (Lipinski definition) is 1. The molecule has 1 heterocycles. The highest BCUT2D eigenvalue weighted by Crippen LogP contribution is 1.81. The fourth-order valence-corrected chi connectivity index (χ4v) is 0.177. The highest BCUT2D eigenvalue weighted by molar-refractivity contribution is 4.56. The van der Waals surface area contributed by atoms with E-state index in [-0.39, 0.29) is 0 Å². The van der Waals surface area contributed by atoms with Crippen LogP contribution in [0.15, 0.2) is 0 Å². The molecule has 0 bridgehead atoms. The molecule has 1 nitrogen and oxygen atoms in total. The van der Waals surface area contributed by atoms with Gasteiger partial charge in [-0.15, -0.1) is 0 Å². The van der Waals surface area contributed by atoms with Gasteiger partial charge in [-0.25, -0.2) is 0 Å². The second kappa shape index (κ2) is 11.7. The molecule has 0 saturated carbocycles. The minimum atomic E-state index is 0.833. The van der Waals surface area contributed by atoms with E-state index in [1.807, 2.05) is 13.8 Å². The lowest BCUT2D eigenvalue weighted by molar-refractivity contribution is 0.527. The first kappa shape index (κ1) is 12.6. The lowest BCUT2D eigenvalue weighted by Crippen LogP contribution is -2.29. The molecule has 1 aliphatic rings. The third kappa shape index (κ3) is 24.6. The van der Waals surface area contributed by atoms with Gasteiger partial charge in [0, 0.05) is 0 Å². The molecule has 0 atom stereocenters. The van der Waals surface area contributed by atoms with Crippen LogP contribution in [0.4, 0.5) is 0 Å². The SMILES string of the molecule is C1CNC1.CC.CC(C)C. The molecule has 0 aromatic rings. The normalized spacial score (nSPS) is 13.8. The molecule has 1 heteroatoms. The van der Waals surface area contributed by atoms with Crippen LogP contribution in [0.2, 0.25) is 0 Å². The molecular formula is C9H23N. The summed E-state index contributed by atoms with van der Waals surface area (Å²) in [5.74, 6) is 0.833. The van der Waals surface area contributed by atoms with Gasteiger partial charge in [0.2, 0.25) is 0 Å². The van der Waals surface area contributed by atoms with E-state index >= 15 is 0 Å². The molecule has 0 radical (unpaired) electrons. The van der Waals surface area contributed by atoms with Crippen LogP contribution in [-0.2, 0) is 0 Å². The van der Waals surface area contributed by atoms with Gasteiger partial charge in [0.15, 0.2) is 0 Å². The Labute approximate surface area is 66.2 Å². The standard InChI is InChI=1S/C4H10.C3H7N.C2H6/c1-4(2)3;1-2-4-3-1;1-2/h4H,1-3H3;4H,1-3H2;1-2H3. The van der Waals surface area contributed by atoms with Crippen molar-refractivity contribution in [2.75, 3.05) is 13.1 Å². The molecule has 0 aromatic heterocycles. The number of hydrogen-bond donors (Lipinski definition) is 1. The summed E-state index contributed by atoms with van der Waals surface area (Å²) in [5.41, 5.74) is 0. The monoisotopic (exact) mass is 145 g/mol. The minimum absolute atomic E-state index is 0.833. The van der Waals surface area contributed by atoms with E-state index in [1.54, 1.807) is 0 Å². The predicted octanol–water partition coefficient (Wildman–Crippen LogP) is 2.67. The zero-order valence-electron chi connectivity index (χ0n) is 8.20. The Kier molecular flexibility index (Phi) is 14.8. The second-order valence-corrected chi connectivity index (χ2v) is 2.84. The molecule has 0 amide bonds. The first-order valence-corrected chi connectivity index (χ1v) is 4.44. The van der Waals surface area contributed by atoms with Crippen molar-refractivity contribution in [1.29, 1.82) is 0 Å². The van der Waals surface area contributed by atoms with Crippen LogP contribution >= 0.6 is 0 Å². The molecule has 64 valence electrons. The Hall–Kier alpha value is -0.0400. The van der Waals surface area contributed by atoms with E-state index < -0.39 is 0 Å². The van der Waals surface area contributed by atoms with E-state index in [9.17, 15) is 0 Å². The van der Waals surface area contributed by atoms with Crippen LogP contribution < -0.4 is 5.32 Å². The lowest BCUT2D eigenvalue weighted by atomic mass is 10.3. The van der Waals surface area contributed by atoms with Crippen LogP contribution in [-0.4, -0.2) is 13.1 Å². The average molecular weight is 145 g/mol. The molecule has 1 rings (SSSR count). The van der Waals surface area contributed by atoms with Gasteiger partial charge in [-0.2, -0.15) is 0 Å². The topological polar surface area (TPSA) is 12.0 Å². The molecule has 0 aliphatic carbocycles. The summed E-state index contributed by atoms with van der Waals surface area (Å²) in [5, 5.41) is 3.11. The maximum Gasteiger partial charge on any atom is -0.00368 e. The van der Waals surface area contributed by atoms with Crippen LogP contribution in [0.1, 0.15) is 41.0 Å². The Morgan fingerprint density at radius 3 is 1.10 bits per heavy atom. The van der Waals surface area contributed by atoms with Gasteiger partial charge in [0.05, 0.1) is 0 Å². The smallest absolute Gasteiger partial charge is 0.00368 e. The largest absolute Gasteiger partial charge is 0.317 e. The van der Waals surface area contributed by atoms with Crippen molar-refractivity contribution in [2.24, 2.45) is 5.92 Å². The molecule has 1 fully saturated rings. The number of rotatable bonds is 0. The van der Waals surface area contributed by atoms with Gasteiger partial charge >= 0.3 is 0 Å². The van der Waals surface area contributed by atoms with Crippen molar-refractivity contribution in [1.82, 2.24) is 5.32 Å². The van der Waals surface area contributed by atoms with Gasteiger partial charge in [-0.3, -0.25) is 0 Å². The Balaban J connectivity index is 0. The third-order valence-electron chi connectivity index (χ3n) is 0.707. The Bertz CT molecular complexity index is 31.2. The van der Waals surface area contributed by atoms with E-state index in [0.717, 1.165) is 5.92 Å². The Morgan fingerprint density at radius 1 is 1.00 bits per heavy atom. The summed E-state index contributed by atoms with van der Waals surface area (Å²) in [6.07, 6.45) is 1.39. The summed E-state index contributed by atoms with van der Waals surface area (Å²) in [6, 6.07) is 0. The van der Waals surface area contributed by atoms with Crippen LogP contribution in [0.5, 0.6) is 0 Å². The van der Waals surface area contributed by atoms with Gasteiger partial charge in [-0.05, 0) is 25.4 Å². The second-order valence-electron chi connectivity index (χ2n) is 2.84. The summed E-state index contributed by atoms with van der Waals surface area (Å²) in [6.45, 7) is 13.0. The van der Waals surface area contributed by atoms with E-state index in [2.05, 4.69) is 26.1 Å². The first-order chi connectivity index (χ1) is 4.73. The summed E-state index contributed by atoms with van der Waals surface area (Å²) < 4.78 is 0.